The summed E-state index contributed by atoms with van der Waals surface area (Å²) in [5.74, 6) is 0.500. The van der Waals surface area contributed by atoms with Gasteiger partial charge < -0.3 is 10.5 Å². The highest BCUT2D eigenvalue weighted by atomic mass is 32.2. The Morgan fingerprint density at radius 3 is 2.44 bits per heavy atom. The average molecular weight is 277 g/mol. The van der Waals surface area contributed by atoms with Crippen molar-refractivity contribution in [2.75, 3.05) is 52.2 Å². The summed E-state index contributed by atoms with van der Waals surface area (Å²) in [7, 11) is -3.05. The molecule has 2 heterocycles. The van der Waals surface area contributed by atoms with E-state index in [1.54, 1.807) is 4.31 Å². The maximum absolute atomic E-state index is 11.5. The van der Waals surface area contributed by atoms with Crippen LogP contribution in [0.15, 0.2) is 0 Å². The van der Waals surface area contributed by atoms with Gasteiger partial charge in [-0.1, -0.05) is 0 Å². The number of piperazine rings is 1. The number of rotatable bonds is 4. The van der Waals surface area contributed by atoms with Gasteiger partial charge in [0.2, 0.25) is 10.0 Å². The van der Waals surface area contributed by atoms with Gasteiger partial charge in [-0.2, -0.15) is 4.31 Å². The van der Waals surface area contributed by atoms with Crippen molar-refractivity contribution in [3.8, 4) is 0 Å². The van der Waals surface area contributed by atoms with E-state index in [0.717, 1.165) is 32.7 Å². The number of hydrogen-bond acceptors (Lipinski definition) is 5. The van der Waals surface area contributed by atoms with Crippen molar-refractivity contribution in [1.82, 2.24) is 9.21 Å². The van der Waals surface area contributed by atoms with E-state index >= 15 is 0 Å². The molecule has 0 radical (unpaired) electrons. The first-order chi connectivity index (χ1) is 8.52. The lowest BCUT2D eigenvalue weighted by molar-refractivity contribution is 0.0921. The SMILES string of the molecule is CS(=O)(=O)N1CCN(C(CN)C2CCOC2)CC1. The number of nitrogens with zero attached hydrogens (tertiary/aromatic N) is 2. The van der Waals surface area contributed by atoms with Gasteiger partial charge in [0.1, 0.15) is 0 Å². The van der Waals surface area contributed by atoms with Crippen molar-refractivity contribution in [3.05, 3.63) is 0 Å². The van der Waals surface area contributed by atoms with Gasteiger partial charge >= 0.3 is 0 Å². The van der Waals surface area contributed by atoms with Gasteiger partial charge in [0.25, 0.3) is 0 Å². The second-order valence-electron chi connectivity index (χ2n) is 5.12. The number of sulfonamides is 1. The molecule has 2 saturated heterocycles. The minimum Gasteiger partial charge on any atom is -0.381 e. The van der Waals surface area contributed by atoms with Gasteiger partial charge in [0.15, 0.2) is 0 Å². The molecule has 106 valence electrons. The molecule has 0 bridgehead atoms. The zero-order valence-corrected chi connectivity index (χ0v) is 11.7. The molecule has 2 aliphatic heterocycles. The molecule has 0 aromatic carbocycles. The first-order valence-corrected chi connectivity index (χ1v) is 8.34. The predicted octanol–water partition coefficient (Wildman–Crippen LogP) is -1.07. The monoisotopic (exact) mass is 277 g/mol. The fraction of sp³-hybridized carbons (Fsp3) is 1.00. The molecule has 6 nitrogen and oxygen atoms in total. The van der Waals surface area contributed by atoms with E-state index in [1.165, 1.54) is 6.26 Å². The molecule has 18 heavy (non-hydrogen) atoms. The third-order valence-electron chi connectivity index (χ3n) is 3.96. The molecule has 7 heteroatoms. The van der Waals surface area contributed by atoms with Crippen LogP contribution >= 0.6 is 0 Å². The van der Waals surface area contributed by atoms with Gasteiger partial charge in [-0.05, 0) is 6.42 Å². The lowest BCUT2D eigenvalue weighted by Crippen LogP contribution is -2.55. The molecule has 0 aromatic rings. The predicted molar refractivity (Wildman–Crippen MR) is 69.8 cm³/mol. The Balaban J connectivity index is 1.91. The van der Waals surface area contributed by atoms with E-state index in [1.807, 2.05) is 0 Å². The van der Waals surface area contributed by atoms with Crippen LogP contribution in [0.1, 0.15) is 6.42 Å². The van der Waals surface area contributed by atoms with Gasteiger partial charge in [0, 0.05) is 51.3 Å². The van der Waals surface area contributed by atoms with E-state index in [4.69, 9.17) is 10.5 Å². The average Bonchev–Trinajstić information content (AvgIpc) is 2.83. The number of nitrogens with two attached hydrogens (primary N) is 1. The van der Waals surface area contributed by atoms with E-state index < -0.39 is 10.0 Å². The summed E-state index contributed by atoms with van der Waals surface area (Å²) < 4.78 is 29.9. The lowest BCUT2D eigenvalue weighted by atomic mass is 9.97. The van der Waals surface area contributed by atoms with Crippen LogP contribution in [0.4, 0.5) is 0 Å². The highest BCUT2D eigenvalue weighted by Crippen LogP contribution is 2.22. The molecule has 0 aromatic heterocycles. The van der Waals surface area contributed by atoms with Crippen molar-refractivity contribution < 1.29 is 13.2 Å². The first kappa shape index (κ1) is 14.2. The maximum atomic E-state index is 11.5. The van der Waals surface area contributed by atoms with Crippen molar-refractivity contribution in [3.63, 3.8) is 0 Å². The van der Waals surface area contributed by atoms with Gasteiger partial charge in [0.05, 0.1) is 12.9 Å². The minimum atomic E-state index is -3.05. The molecule has 2 aliphatic rings. The van der Waals surface area contributed by atoms with Crippen LogP contribution in [0.2, 0.25) is 0 Å². The minimum absolute atomic E-state index is 0.328. The summed E-state index contributed by atoms with van der Waals surface area (Å²) in [5.41, 5.74) is 5.87. The zero-order valence-electron chi connectivity index (χ0n) is 10.9. The Kier molecular flexibility index (Phi) is 4.60. The van der Waals surface area contributed by atoms with Crippen LogP contribution in [-0.2, 0) is 14.8 Å². The third-order valence-corrected chi connectivity index (χ3v) is 5.26. The molecule has 0 amide bonds. The van der Waals surface area contributed by atoms with E-state index in [2.05, 4.69) is 4.90 Å². The summed E-state index contributed by atoms with van der Waals surface area (Å²) in [6.45, 7) is 4.91. The molecule has 2 rings (SSSR count). The Morgan fingerprint density at radius 2 is 2.00 bits per heavy atom. The van der Waals surface area contributed by atoms with Crippen LogP contribution in [-0.4, -0.2) is 75.9 Å². The van der Waals surface area contributed by atoms with Crippen LogP contribution < -0.4 is 5.73 Å². The van der Waals surface area contributed by atoms with E-state index in [9.17, 15) is 8.42 Å². The second kappa shape index (κ2) is 5.83. The molecular formula is C11H23N3O3S. The van der Waals surface area contributed by atoms with Crippen molar-refractivity contribution >= 4 is 10.0 Å². The first-order valence-electron chi connectivity index (χ1n) is 6.49. The standard InChI is InChI=1S/C11H23N3O3S/c1-18(15,16)14-5-3-13(4-6-14)11(8-12)10-2-7-17-9-10/h10-11H,2-9,12H2,1H3. The van der Waals surface area contributed by atoms with Crippen molar-refractivity contribution in [1.29, 1.82) is 0 Å². The highest BCUT2D eigenvalue weighted by molar-refractivity contribution is 7.88. The molecular weight excluding hydrogens is 254 g/mol. The summed E-state index contributed by atoms with van der Waals surface area (Å²) in [5, 5.41) is 0. The van der Waals surface area contributed by atoms with Gasteiger partial charge in [-0.15, -0.1) is 0 Å². The number of hydrogen-bond donors (Lipinski definition) is 1. The molecule has 0 aliphatic carbocycles. The Bertz CT molecular complexity index is 360. The molecule has 2 N–H and O–H groups in total. The number of ether oxygens (including phenoxy) is 1. The fourth-order valence-corrected chi connectivity index (χ4v) is 3.69. The van der Waals surface area contributed by atoms with Crippen LogP contribution in [0.25, 0.3) is 0 Å². The quantitative estimate of drug-likeness (QED) is 0.708. The summed E-state index contributed by atoms with van der Waals surface area (Å²) in [6.07, 6.45) is 2.34. The maximum Gasteiger partial charge on any atom is 0.211 e. The lowest BCUT2D eigenvalue weighted by Gasteiger charge is -2.40. The van der Waals surface area contributed by atoms with Crippen LogP contribution in [0.3, 0.4) is 0 Å². The molecule has 2 unspecified atom stereocenters. The fourth-order valence-electron chi connectivity index (χ4n) is 2.86. The summed E-state index contributed by atoms with van der Waals surface area (Å²) >= 11 is 0. The highest BCUT2D eigenvalue weighted by Gasteiger charge is 2.32. The molecule has 0 saturated carbocycles. The summed E-state index contributed by atoms with van der Waals surface area (Å²) in [4.78, 5) is 2.32. The van der Waals surface area contributed by atoms with E-state index in [0.29, 0.717) is 31.6 Å². The van der Waals surface area contributed by atoms with Crippen molar-refractivity contribution in [2.45, 2.75) is 12.5 Å². The van der Waals surface area contributed by atoms with Crippen LogP contribution in [0.5, 0.6) is 0 Å². The zero-order chi connectivity index (χ0) is 13.2. The smallest absolute Gasteiger partial charge is 0.211 e. The molecule has 2 fully saturated rings. The second-order valence-corrected chi connectivity index (χ2v) is 7.11. The van der Waals surface area contributed by atoms with Crippen molar-refractivity contribution in [2.24, 2.45) is 11.7 Å². The third kappa shape index (κ3) is 3.21. The summed E-state index contributed by atoms with van der Waals surface area (Å²) in [6, 6.07) is 0.328. The van der Waals surface area contributed by atoms with Gasteiger partial charge in [-0.25, -0.2) is 8.42 Å². The van der Waals surface area contributed by atoms with Gasteiger partial charge in [-0.3, -0.25) is 4.90 Å². The van der Waals surface area contributed by atoms with E-state index in [-0.39, 0.29) is 0 Å². The normalized spacial score (nSPS) is 29.6. The largest absolute Gasteiger partial charge is 0.381 e. The molecule has 0 spiro atoms. The Morgan fingerprint density at radius 1 is 1.33 bits per heavy atom. The Labute approximate surface area is 109 Å². The Hall–Kier alpha value is -0.210. The van der Waals surface area contributed by atoms with Crippen LogP contribution in [0, 0.1) is 5.92 Å². The topological polar surface area (TPSA) is 75.9 Å². The molecule has 2 atom stereocenters.